The van der Waals surface area contributed by atoms with Crippen LogP contribution in [0.4, 0.5) is 11.4 Å². The van der Waals surface area contributed by atoms with Crippen LogP contribution in [0.15, 0.2) is 48.4 Å². The van der Waals surface area contributed by atoms with Gasteiger partial charge >= 0.3 is 0 Å². The van der Waals surface area contributed by atoms with E-state index in [-0.39, 0.29) is 11.4 Å². The number of ether oxygens (including phenoxy) is 1. The number of aromatic nitrogens is 2. The van der Waals surface area contributed by atoms with Gasteiger partial charge in [-0.25, -0.2) is 4.68 Å². The number of primary amides is 1. The quantitative estimate of drug-likeness (QED) is 0.614. The number of carbonyl (C=O) groups is 3. The van der Waals surface area contributed by atoms with Gasteiger partial charge in [0.15, 0.2) is 5.69 Å². The Kier molecular flexibility index (Phi) is 2.88. The summed E-state index contributed by atoms with van der Waals surface area (Å²) in [5.74, 6) is -3.37. The first-order valence-corrected chi connectivity index (χ1v) is 9.94. The van der Waals surface area contributed by atoms with E-state index in [1.165, 1.54) is 24.3 Å². The number of benzene rings is 2. The second-order valence-corrected chi connectivity index (χ2v) is 7.22. The molecule has 2 aromatic carbocycles. The van der Waals surface area contributed by atoms with Gasteiger partial charge in [-0.15, -0.1) is 0 Å². The van der Waals surface area contributed by atoms with Crippen LogP contribution in [0.3, 0.4) is 0 Å². The minimum Gasteiger partial charge on any atom is -0.497 e. The van der Waals surface area contributed by atoms with E-state index in [4.69, 9.17) is 28.3 Å². The Hall–Kier alpha value is -4.14. The number of hydrogen-bond donors (Lipinski definition) is 1. The number of amides is 3. The summed E-state index contributed by atoms with van der Waals surface area (Å²) in [6.07, 6.45) is -8.74. The number of nitrogens with zero attached hydrogens (tertiary/aromatic N) is 4. The number of anilines is 2. The second kappa shape index (κ2) is 8.66. The molecule has 3 heterocycles. The van der Waals surface area contributed by atoms with E-state index in [9.17, 15) is 14.4 Å². The summed E-state index contributed by atoms with van der Waals surface area (Å²) in [7, 11) is -2.77. The lowest BCUT2D eigenvalue weighted by molar-refractivity contribution is -0.119. The highest BCUT2D eigenvalue weighted by molar-refractivity contribution is 6.09. The number of piperidine rings is 1. The molecule has 0 saturated carbocycles. The third-order valence-corrected chi connectivity index (χ3v) is 5.22. The maximum Gasteiger partial charge on any atom is 0.277 e. The topological polar surface area (TPSA) is 111 Å². The van der Waals surface area contributed by atoms with Gasteiger partial charge in [0.25, 0.3) is 11.8 Å². The predicted molar refractivity (Wildman–Crippen MR) is 127 cm³/mol. The van der Waals surface area contributed by atoms with E-state index < -0.39 is 116 Å². The highest BCUT2D eigenvalue weighted by atomic mass is 16.5. The largest absolute Gasteiger partial charge is 0.497 e. The summed E-state index contributed by atoms with van der Waals surface area (Å²) in [6.45, 7) is -1.84. The first-order valence-electron chi connectivity index (χ1n) is 16.4. The van der Waals surface area contributed by atoms with Crippen molar-refractivity contribution >= 4 is 29.1 Å². The maximum absolute atomic E-state index is 14.1. The molecule has 2 aliphatic heterocycles. The molecule has 0 atom stereocenters. The number of rotatable bonds is 5. The van der Waals surface area contributed by atoms with E-state index in [1.807, 2.05) is 0 Å². The molecule has 3 amide bonds. The van der Waals surface area contributed by atoms with Crippen molar-refractivity contribution in [3.05, 3.63) is 65.4 Å². The molecular formula is C25H25N5O4. The SMILES string of the molecule is [2H]c1c([2H])c(N2CC([2H])([2H])c3c(C(N)=O)nn(-c4ccc(OC([2H])([2H])[2H])cc4)c3C2=O)c([2H])c([2H])c1N1CC([2H])([2H])C([2H])([2H])CC1=O. The number of fused-ring (bicyclic) bond motifs is 1. The summed E-state index contributed by atoms with van der Waals surface area (Å²) in [5.41, 5.74) is 2.50. The molecule has 3 aromatic rings. The Balaban J connectivity index is 1.65. The fourth-order valence-corrected chi connectivity index (χ4v) is 3.57. The number of methoxy groups -OCH3 is 1. The van der Waals surface area contributed by atoms with Crippen LogP contribution in [0, 0.1) is 0 Å². The van der Waals surface area contributed by atoms with Crippen molar-refractivity contribution in [3.8, 4) is 11.4 Å². The summed E-state index contributed by atoms with van der Waals surface area (Å²) in [4.78, 5) is 40.5. The Morgan fingerprint density at radius 3 is 2.44 bits per heavy atom. The Bertz CT molecular complexity index is 1810. The van der Waals surface area contributed by atoms with Crippen molar-refractivity contribution in [3.63, 3.8) is 0 Å². The lowest BCUT2D eigenvalue weighted by Gasteiger charge is -2.29. The zero-order valence-corrected chi connectivity index (χ0v) is 17.4. The van der Waals surface area contributed by atoms with Crippen LogP contribution < -0.4 is 20.3 Å². The van der Waals surface area contributed by atoms with Crippen molar-refractivity contribution in [2.75, 3.05) is 29.9 Å². The van der Waals surface area contributed by atoms with Crippen molar-refractivity contribution in [2.45, 2.75) is 25.5 Å². The molecule has 174 valence electrons. The Morgan fingerprint density at radius 1 is 1.06 bits per heavy atom. The molecule has 1 aromatic heterocycles. The van der Waals surface area contributed by atoms with Crippen LogP contribution in [0.25, 0.3) is 5.69 Å². The van der Waals surface area contributed by atoms with Gasteiger partial charge in [0.1, 0.15) is 11.4 Å². The molecule has 2 aliphatic rings. The maximum atomic E-state index is 14.1. The van der Waals surface area contributed by atoms with E-state index in [0.717, 1.165) is 4.68 Å². The molecule has 9 heteroatoms. The van der Waals surface area contributed by atoms with Crippen LogP contribution >= 0.6 is 0 Å². The Labute approximate surface area is 215 Å². The molecule has 9 nitrogen and oxygen atoms in total. The molecule has 0 aliphatic carbocycles. The van der Waals surface area contributed by atoms with Gasteiger partial charge in [-0.1, -0.05) is 0 Å². The lowest BCUT2D eigenvalue weighted by atomic mass is 10.0. The van der Waals surface area contributed by atoms with Gasteiger partial charge in [-0.05, 0) is 67.6 Å². The zero-order chi connectivity index (χ0) is 35.2. The van der Waals surface area contributed by atoms with Crippen LogP contribution in [0.2, 0.25) is 0 Å². The van der Waals surface area contributed by atoms with Crippen molar-refractivity contribution in [1.29, 1.82) is 0 Å². The lowest BCUT2D eigenvalue weighted by Crippen LogP contribution is -2.39. The first kappa shape index (κ1) is 11.3. The molecule has 0 bridgehead atoms. The average molecular weight is 473 g/mol. The number of carbonyl (C=O) groups excluding carboxylic acids is 3. The van der Waals surface area contributed by atoms with Crippen molar-refractivity contribution < 1.29 is 36.9 Å². The number of hydrogen-bond acceptors (Lipinski definition) is 5. The summed E-state index contributed by atoms with van der Waals surface area (Å²) < 4.78 is 112. The van der Waals surface area contributed by atoms with Gasteiger partial charge in [-0.3, -0.25) is 14.4 Å². The average Bonchev–Trinajstić information content (AvgIpc) is 3.35. The van der Waals surface area contributed by atoms with E-state index >= 15 is 0 Å². The zero-order valence-electron chi connectivity index (χ0n) is 30.4. The van der Waals surface area contributed by atoms with Crippen molar-refractivity contribution in [2.24, 2.45) is 5.73 Å². The molecule has 0 spiro atoms. The predicted octanol–water partition coefficient (Wildman–Crippen LogP) is 2.70. The molecule has 0 unspecified atom stereocenters. The van der Waals surface area contributed by atoms with Crippen LogP contribution in [0.5, 0.6) is 5.75 Å². The van der Waals surface area contributed by atoms with E-state index in [0.29, 0.717) is 9.80 Å². The highest BCUT2D eigenvalue weighted by Crippen LogP contribution is 2.31. The molecular weight excluding hydrogens is 434 g/mol. The summed E-state index contributed by atoms with van der Waals surface area (Å²) >= 11 is 0. The smallest absolute Gasteiger partial charge is 0.277 e. The molecule has 0 radical (unpaired) electrons. The normalized spacial score (nSPS) is 26.3. The number of nitrogens with two attached hydrogens (primary N) is 1. The molecule has 2 N–H and O–H groups in total. The molecule has 5 rings (SSSR count). The fraction of sp³-hybridized carbons (Fsp3) is 0.280. The molecule has 34 heavy (non-hydrogen) atoms. The minimum absolute atomic E-state index is 0.0327. The van der Waals surface area contributed by atoms with Crippen LogP contribution in [-0.2, 0) is 11.2 Å². The Morgan fingerprint density at radius 2 is 1.76 bits per heavy atom. The third-order valence-electron chi connectivity index (χ3n) is 5.22. The van der Waals surface area contributed by atoms with E-state index in [2.05, 4.69) is 5.10 Å². The fourth-order valence-electron chi connectivity index (χ4n) is 3.57. The monoisotopic (exact) mass is 472 g/mol. The van der Waals surface area contributed by atoms with Gasteiger partial charge in [-0.2, -0.15) is 5.10 Å². The first-order chi connectivity index (χ1) is 21.5. The second-order valence-electron chi connectivity index (χ2n) is 7.22. The van der Waals surface area contributed by atoms with Gasteiger partial charge in [0, 0.05) is 44.7 Å². The van der Waals surface area contributed by atoms with Crippen LogP contribution in [-0.4, -0.2) is 47.6 Å². The third kappa shape index (κ3) is 3.68. The minimum atomic E-state index is -2.77. The van der Waals surface area contributed by atoms with Gasteiger partial charge < -0.3 is 20.3 Å². The standard InChI is InChI=1S/C25H25N5O4/c1-34-19-11-9-18(10-12-19)30-23-20(22(27-30)24(26)32)13-15-29(25(23)33)17-7-5-16(6-8-17)28-14-3-2-4-21(28)31/h5-12H,2-4,13-15H2,1H3,(H2,26,32)/i1D3,2D2,3D2,5D,6D,7D,8D,13D2. The van der Waals surface area contributed by atoms with E-state index in [1.54, 1.807) is 0 Å². The van der Waals surface area contributed by atoms with Gasteiger partial charge in [0.2, 0.25) is 5.91 Å². The van der Waals surface area contributed by atoms with Gasteiger partial charge in [0.05, 0.1) is 22.3 Å². The molecule has 1 fully saturated rings. The highest BCUT2D eigenvalue weighted by Gasteiger charge is 2.34. The molecule has 1 saturated heterocycles. The van der Waals surface area contributed by atoms with Crippen LogP contribution in [0.1, 0.15) is 63.5 Å². The summed E-state index contributed by atoms with van der Waals surface area (Å²) in [5, 5.41) is 4.05. The summed E-state index contributed by atoms with van der Waals surface area (Å²) in [6, 6.07) is 1.45. The van der Waals surface area contributed by atoms with Crippen molar-refractivity contribution in [1.82, 2.24) is 9.78 Å².